The molecule has 1 fully saturated rings. The molecule has 1 aliphatic heterocycles. The average molecular weight is 228 g/mol. The molecule has 2 atom stereocenters. The fraction of sp³-hybridized carbons (Fsp3) is 0.917. The number of carbonyl (C=O) groups is 1. The Morgan fingerprint density at radius 2 is 2.19 bits per heavy atom. The second kappa shape index (κ2) is 6.86. The van der Waals surface area contributed by atoms with E-state index in [2.05, 4.69) is 24.5 Å². The van der Waals surface area contributed by atoms with Crippen LogP contribution in [0.3, 0.4) is 0 Å². The second-order valence-electron chi connectivity index (χ2n) is 4.87. The molecule has 2 unspecified atom stereocenters. The second-order valence-corrected chi connectivity index (χ2v) is 4.87. The van der Waals surface area contributed by atoms with Gasteiger partial charge in [0, 0.05) is 19.2 Å². The molecule has 1 saturated heterocycles. The van der Waals surface area contributed by atoms with Crippen molar-refractivity contribution in [1.82, 2.24) is 10.6 Å². The van der Waals surface area contributed by atoms with Gasteiger partial charge in [-0.05, 0) is 25.7 Å². The number of hydrogen-bond acceptors (Lipinski definition) is 3. The molecule has 0 radical (unpaired) electrons. The summed E-state index contributed by atoms with van der Waals surface area (Å²) < 4.78 is 5.46. The summed E-state index contributed by atoms with van der Waals surface area (Å²) in [4.78, 5) is 11.5. The Morgan fingerprint density at radius 3 is 2.75 bits per heavy atom. The Hall–Kier alpha value is -0.610. The van der Waals surface area contributed by atoms with Crippen LogP contribution in [0.5, 0.6) is 0 Å². The first-order valence-electron chi connectivity index (χ1n) is 6.21. The van der Waals surface area contributed by atoms with Gasteiger partial charge in [0.25, 0.3) is 0 Å². The van der Waals surface area contributed by atoms with E-state index >= 15 is 0 Å². The van der Waals surface area contributed by atoms with Crippen molar-refractivity contribution in [2.45, 2.75) is 45.8 Å². The van der Waals surface area contributed by atoms with Crippen LogP contribution in [0.1, 0.15) is 33.6 Å². The minimum absolute atomic E-state index is 0.0687. The van der Waals surface area contributed by atoms with Crippen molar-refractivity contribution in [1.29, 1.82) is 0 Å². The lowest BCUT2D eigenvalue weighted by Gasteiger charge is -2.18. The summed E-state index contributed by atoms with van der Waals surface area (Å²) >= 11 is 0. The molecule has 94 valence electrons. The summed E-state index contributed by atoms with van der Waals surface area (Å²) in [6.45, 7) is 8.27. The normalized spacial score (nSPS) is 22.4. The lowest BCUT2D eigenvalue weighted by molar-refractivity contribution is -0.121. The van der Waals surface area contributed by atoms with Crippen molar-refractivity contribution in [2.75, 3.05) is 19.7 Å². The lowest BCUT2D eigenvalue weighted by Crippen LogP contribution is -2.42. The predicted octanol–water partition coefficient (Wildman–Crippen LogP) is 0.916. The van der Waals surface area contributed by atoms with Crippen molar-refractivity contribution < 1.29 is 9.53 Å². The van der Waals surface area contributed by atoms with E-state index in [1.165, 1.54) is 0 Å². The van der Waals surface area contributed by atoms with Crippen LogP contribution >= 0.6 is 0 Å². The standard InChI is InChI=1S/C12H24N2O2/c1-9(2)10(3)14-12(15)8-13-7-11-5-4-6-16-11/h9-11,13H,4-8H2,1-3H3,(H,14,15). The summed E-state index contributed by atoms with van der Waals surface area (Å²) in [7, 11) is 0. The summed E-state index contributed by atoms with van der Waals surface area (Å²) in [5.74, 6) is 0.543. The Bertz CT molecular complexity index is 213. The number of amides is 1. The van der Waals surface area contributed by atoms with E-state index < -0.39 is 0 Å². The average Bonchev–Trinajstić information content (AvgIpc) is 2.70. The molecular weight excluding hydrogens is 204 g/mol. The Morgan fingerprint density at radius 1 is 1.44 bits per heavy atom. The molecular formula is C12H24N2O2. The SMILES string of the molecule is CC(C)C(C)NC(=O)CNCC1CCCO1. The van der Waals surface area contributed by atoms with E-state index in [4.69, 9.17) is 4.74 Å². The summed E-state index contributed by atoms with van der Waals surface area (Å²) in [6.07, 6.45) is 2.55. The van der Waals surface area contributed by atoms with Gasteiger partial charge in [-0.3, -0.25) is 4.79 Å². The Labute approximate surface area is 98.1 Å². The first-order chi connectivity index (χ1) is 7.59. The van der Waals surface area contributed by atoms with Crippen LogP contribution in [0.2, 0.25) is 0 Å². The van der Waals surface area contributed by atoms with Gasteiger partial charge >= 0.3 is 0 Å². The predicted molar refractivity (Wildman–Crippen MR) is 64.3 cm³/mol. The van der Waals surface area contributed by atoms with Gasteiger partial charge in [-0.2, -0.15) is 0 Å². The van der Waals surface area contributed by atoms with Crippen molar-refractivity contribution >= 4 is 5.91 Å². The van der Waals surface area contributed by atoms with Crippen molar-refractivity contribution in [2.24, 2.45) is 5.92 Å². The third kappa shape index (κ3) is 4.94. The minimum Gasteiger partial charge on any atom is -0.377 e. The molecule has 1 aliphatic rings. The van der Waals surface area contributed by atoms with Gasteiger partial charge in [-0.25, -0.2) is 0 Å². The molecule has 0 aromatic rings. The van der Waals surface area contributed by atoms with E-state index in [1.54, 1.807) is 0 Å². The largest absolute Gasteiger partial charge is 0.377 e. The zero-order valence-corrected chi connectivity index (χ0v) is 10.6. The third-order valence-electron chi connectivity index (χ3n) is 3.07. The molecule has 16 heavy (non-hydrogen) atoms. The molecule has 1 rings (SSSR count). The maximum absolute atomic E-state index is 11.5. The minimum atomic E-state index is 0.0687. The van der Waals surface area contributed by atoms with E-state index in [0.29, 0.717) is 18.6 Å². The van der Waals surface area contributed by atoms with E-state index in [9.17, 15) is 4.79 Å². The maximum atomic E-state index is 11.5. The molecule has 4 nitrogen and oxygen atoms in total. The molecule has 1 amide bonds. The summed E-state index contributed by atoms with van der Waals surface area (Å²) in [5.41, 5.74) is 0. The molecule has 0 saturated carbocycles. The lowest BCUT2D eigenvalue weighted by atomic mass is 10.1. The fourth-order valence-corrected chi connectivity index (χ4v) is 1.62. The van der Waals surface area contributed by atoms with Crippen LogP contribution in [0.15, 0.2) is 0 Å². The first kappa shape index (κ1) is 13.5. The van der Waals surface area contributed by atoms with Gasteiger partial charge in [0.1, 0.15) is 0 Å². The monoisotopic (exact) mass is 228 g/mol. The van der Waals surface area contributed by atoms with Crippen molar-refractivity contribution in [3.8, 4) is 0 Å². The molecule has 2 N–H and O–H groups in total. The summed E-state index contributed by atoms with van der Waals surface area (Å²) in [6, 6.07) is 0.233. The van der Waals surface area contributed by atoms with Gasteiger partial charge in [0.2, 0.25) is 5.91 Å². The van der Waals surface area contributed by atoms with Crippen molar-refractivity contribution in [3.63, 3.8) is 0 Å². The van der Waals surface area contributed by atoms with E-state index in [-0.39, 0.29) is 11.9 Å². The number of rotatable bonds is 6. The van der Waals surface area contributed by atoms with Crippen LogP contribution in [0, 0.1) is 5.92 Å². The quantitative estimate of drug-likeness (QED) is 0.710. The van der Waals surface area contributed by atoms with E-state index in [1.807, 2.05) is 6.92 Å². The van der Waals surface area contributed by atoms with Gasteiger partial charge in [0.05, 0.1) is 12.6 Å². The molecule has 4 heteroatoms. The number of ether oxygens (including phenoxy) is 1. The highest BCUT2D eigenvalue weighted by atomic mass is 16.5. The van der Waals surface area contributed by atoms with Crippen molar-refractivity contribution in [3.05, 3.63) is 0 Å². The maximum Gasteiger partial charge on any atom is 0.234 e. The molecule has 0 aromatic heterocycles. The topological polar surface area (TPSA) is 50.4 Å². The highest BCUT2D eigenvalue weighted by Gasteiger charge is 2.15. The van der Waals surface area contributed by atoms with Gasteiger partial charge in [0.15, 0.2) is 0 Å². The van der Waals surface area contributed by atoms with Crippen LogP contribution in [0.25, 0.3) is 0 Å². The van der Waals surface area contributed by atoms with Crippen LogP contribution in [-0.2, 0) is 9.53 Å². The number of carbonyl (C=O) groups excluding carboxylic acids is 1. The number of hydrogen-bond donors (Lipinski definition) is 2. The zero-order valence-electron chi connectivity index (χ0n) is 10.6. The van der Waals surface area contributed by atoms with Gasteiger partial charge in [-0.15, -0.1) is 0 Å². The highest BCUT2D eigenvalue weighted by Crippen LogP contribution is 2.10. The van der Waals surface area contributed by atoms with E-state index in [0.717, 1.165) is 26.0 Å². The zero-order chi connectivity index (χ0) is 12.0. The molecule has 0 bridgehead atoms. The third-order valence-corrected chi connectivity index (χ3v) is 3.07. The van der Waals surface area contributed by atoms with Gasteiger partial charge < -0.3 is 15.4 Å². The van der Waals surface area contributed by atoms with Crippen LogP contribution in [0.4, 0.5) is 0 Å². The highest BCUT2D eigenvalue weighted by molar-refractivity contribution is 5.78. The Balaban J connectivity index is 2.05. The number of nitrogens with one attached hydrogen (secondary N) is 2. The molecule has 0 aliphatic carbocycles. The van der Waals surface area contributed by atoms with Gasteiger partial charge in [-0.1, -0.05) is 13.8 Å². The fourth-order valence-electron chi connectivity index (χ4n) is 1.62. The Kier molecular flexibility index (Phi) is 5.77. The molecule has 1 heterocycles. The van der Waals surface area contributed by atoms with Crippen LogP contribution < -0.4 is 10.6 Å². The summed E-state index contributed by atoms with van der Waals surface area (Å²) in [5, 5.41) is 6.10. The van der Waals surface area contributed by atoms with Crippen LogP contribution in [-0.4, -0.2) is 37.7 Å². The smallest absolute Gasteiger partial charge is 0.234 e. The molecule has 0 spiro atoms. The first-order valence-corrected chi connectivity index (χ1v) is 6.21. The molecule has 0 aromatic carbocycles.